The molecule has 0 aliphatic rings. The van der Waals surface area contributed by atoms with Crippen LogP contribution in [-0.2, 0) is 0 Å². The van der Waals surface area contributed by atoms with Crippen molar-refractivity contribution in [2.24, 2.45) is 0 Å². The van der Waals surface area contributed by atoms with Crippen molar-refractivity contribution in [3.05, 3.63) is 48.0 Å². The van der Waals surface area contributed by atoms with Gasteiger partial charge in [0.25, 0.3) is 5.91 Å². The molecule has 0 aromatic heterocycles. The summed E-state index contributed by atoms with van der Waals surface area (Å²) in [6.07, 6.45) is 0. The summed E-state index contributed by atoms with van der Waals surface area (Å²) in [6, 6.07) is 12.5. The second kappa shape index (κ2) is 6.85. The molecule has 2 aromatic rings. The predicted molar refractivity (Wildman–Crippen MR) is 90.7 cm³/mol. The molecule has 0 saturated heterocycles. The van der Waals surface area contributed by atoms with Gasteiger partial charge in [0.05, 0.1) is 18.0 Å². The minimum Gasteiger partial charge on any atom is -0.494 e. The Morgan fingerprint density at radius 1 is 1.18 bits per heavy atom. The van der Waals surface area contributed by atoms with E-state index in [2.05, 4.69) is 5.32 Å². The highest BCUT2D eigenvalue weighted by Gasteiger charge is 2.08. The number of nitrogens with one attached hydrogen (secondary N) is 1. The van der Waals surface area contributed by atoms with Crippen molar-refractivity contribution in [2.45, 2.75) is 6.92 Å². The van der Waals surface area contributed by atoms with Gasteiger partial charge in [0.1, 0.15) is 5.75 Å². The molecule has 0 saturated carbocycles. The summed E-state index contributed by atoms with van der Waals surface area (Å²) in [7, 11) is 3.84. The zero-order chi connectivity index (χ0) is 16.1. The normalized spacial score (nSPS) is 10.1. The first-order valence-corrected chi connectivity index (χ1v) is 7.12. The van der Waals surface area contributed by atoms with Gasteiger partial charge in [-0.15, -0.1) is 0 Å². The van der Waals surface area contributed by atoms with Crippen LogP contribution in [0.25, 0.3) is 0 Å². The first kappa shape index (κ1) is 15.7. The summed E-state index contributed by atoms with van der Waals surface area (Å²) in [5.74, 6) is 0.568. The van der Waals surface area contributed by atoms with Crippen molar-refractivity contribution < 1.29 is 9.53 Å². The monoisotopic (exact) mass is 299 g/mol. The second-order valence-corrected chi connectivity index (χ2v) is 5.08. The van der Waals surface area contributed by atoms with E-state index in [1.807, 2.05) is 38.1 Å². The Morgan fingerprint density at radius 2 is 1.86 bits per heavy atom. The average molecular weight is 299 g/mol. The lowest BCUT2D eigenvalue weighted by Crippen LogP contribution is -2.14. The van der Waals surface area contributed by atoms with Gasteiger partial charge in [0, 0.05) is 25.3 Å². The SMILES string of the molecule is CCOc1ccc(C(=O)Nc2ccc(N(C)C)c(N)c2)cc1. The smallest absolute Gasteiger partial charge is 0.255 e. The number of ether oxygens (including phenoxy) is 1. The molecule has 0 unspecified atom stereocenters. The molecule has 5 nitrogen and oxygen atoms in total. The fourth-order valence-electron chi connectivity index (χ4n) is 2.11. The molecule has 0 bridgehead atoms. The number of amides is 1. The summed E-state index contributed by atoms with van der Waals surface area (Å²) < 4.78 is 5.36. The molecule has 2 rings (SSSR count). The Labute approximate surface area is 130 Å². The molecular formula is C17H21N3O2. The highest BCUT2D eigenvalue weighted by atomic mass is 16.5. The molecule has 5 heteroatoms. The first-order chi connectivity index (χ1) is 10.5. The average Bonchev–Trinajstić information content (AvgIpc) is 2.48. The van der Waals surface area contributed by atoms with E-state index in [0.717, 1.165) is 11.4 Å². The number of anilines is 3. The number of nitrogen functional groups attached to an aromatic ring is 1. The standard InChI is InChI=1S/C17H21N3O2/c1-4-22-14-8-5-12(6-9-14)17(21)19-13-7-10-16(20(2)3)15(18)11-13/h5-11H,4,18H2,1-3H3,(H,19,21). The van der Waals surface area contributed by atoms with E-state index in [-0.39, 0.29) is 5.91 Å². The number of nitrogens with two attached hydrogens (primary N) is 1. The molecule has 116 valence electrons. The maximum Gasteiger partial charge on any atom is 0.255 e. The van der Waals surface area contributed by atoms with E-state index in [9.17, 15) is 4.79 Å². The van der Waals surface area contributed by atoms with Gasteiger partial charge in [-0.2, -0.15) is 0 Å². The summed E-state index contributed by atoms with van der Waals surface area (Å²) in [4.78, 5) is 14.1. The number of hydrogen-bond acceptors (Lipinski definition) is 4. The molecule has 2 aromatic carbocycles. The number of carbonyl (C=O) groups is 1. The number of benzene rings is 2. The minimum absolute atomic E-state index is 0.181. The molecular weight excluding hydrogens is 278 g/mol. The molecule has 1 amide bonds. The summed E-state index contributed by atoms with van der Waals surface area (Å²) >= 11 is 0. The molecule has 0 radical (unpaired) electrons. The highest BCUT2D eigenvalue weighted by Crippen LogP contribution is 2.25. The lowest BCUT2D eigenvalue weighted by atomic mass is 10.2. The van der Waals surface area contributed by atoms with Crippen LogP contribution in [0.3, 0.4) is 0 Å². The Kier molecular flexibility index (Phi) is 4.88. The van der Waals surface area contributed by atoms with Crippen molar-refractivity contribution in [1.29, 1.82) is 0 Å². The van der Waals surface area contributed by atoms with Crippen LogP contribution in [-0.4, -0.2) is 26.6 Å². The predicted octanol–water partition coefficient (Wildman–Crippen LogP) is 2.99. The van der Waals surface area contributed by atoms with Crippen molar-refractivity contribution in [2.75, 3.05) is 36.7 Å². The largest absolute Gasteiger partial charge is 0.494 e. The van der Waals surface area contributed by atoms with Crippen molar-refractivity contribution >= 4 is 23.0 Å². The van der Waals surface area contributed by atoms with Crippen molar-refractivity contribution in [3.8, 4) is 5.75 Å². The minimum atomic E-state index is -0.181. The van der Waals surface area contributed by atoms with E-state index in [1.165, 1.54) is 0 Å². The molecule has 3 N–H and O–H groups in total. The quantitative estimate of drug-likeness (QED) is 0.833. The summed E-state index contributed by atoms with van der Waals surface area (Å²) in [5, 5.41) is 2.84. The van der Waals surface area contributed by atoms with Gasteiger partial charge in [-0.05, 0) is 49.4 Å². The highest BCUT2D eigenvalue weighted by molar-refractivity contribution is 6.04. The fourth-order valence-corrected chi connectivity index (χ4v) is 2.11. The Bertz CT molecular complexity index is 651. The van der Waals surface area contributed by atoms with E-state index in [4.69, 9.17) is 10.5 Å². The van der Waals surface area contributed by atoms with E-state index >= 15 is 0 Å². The third-order valence-corrected chi connectivity index (χ3v) is 3.19. The third-order valence-electron chi connectivity index (χ3n) is 3.19. The zero-order valence-electron chi connectivity index (χ0n) is 13.1. The van der Waals surface area contributed by atoms with Crippen molar-refractivity contribution in [1.82, 2.24) is 0 Å². The van der Waals surface area contributed by atoms with Crippen LogP contribution < -0.4 is 20.7 Å². The molecule has 0 atom stereocenters. The van der Waals surface area contributed by atoms with Crippen LogP contribution in [0.2, 0.25) is 0 Å². The van der Waals surface area contributed by atoms with Crippen LogP contribution in [0.4, 0.5) is 17.1 Å². The van der Waals surface area contributed by atoms with Gasteiger partial charge < -0.3 is 20.7 Å². The Balaban J connectivity index is 2.09. The van der Waals surface area contributed by atoms with Gasteiger partial charge in [0.15, 0.2) is 0 Å². The number of carbonyl (C=O) groups excluding carboxylic acids is 1. The van der Waals surface area contributed by atoms with Gasteiger partial charge in [-0.1, -0.05) is 0 Å². The van der Waals surface area contributed by atoms with E-state index in [0.29, 0.717) is 23.5 Å². The molecule has 0 aliphatic heterocycles. The molecule has 0 aliphatic carbocycles. The number of rotatable bonds is 5. The van der Waals surface area contributed by atoms with E-state index < -0.39 is 0 Å². The van der Waals surface area contributed by atoms with Gasteiger partial charge >= 0.3 is 0 Å². The van der Waals surface area contributed by atoms with E-state index in [1.54, 1.807) is 30.3 Å². The van der Waals surface area contributed by atoms with Crippen LogP contribution in [0.1, 0.15) is 17.3 Å². The number of hydrogen-bond donors (Lipinski definition) is 2. The molecule has 0 fully saturated rings. The Morgan fingerprint density at radius 3 is 2.41 bits per heavy atom. The maximum absolute atomic E-state index is 12.2. The van der Waals surface area contributed by atoms with Gasteiger partial charge in [-0.3, -0.25) is 4.79 Å². The second-order valence-electron chi connectivity index (χ2n) is 5.08. The van der Waals surface area contributed by atoms with Gasteiger partial charge in [0.2, 0.25) is 0 Å². The fraction of sp³-hybridized carbons (Fsp3) is 0.235. The molecule has 0 spiro atoms. The third kappa shape index (κ3) is 3.69. The van der Waals surface area contributed by atoms with Crippen LogP contribution in [0, 0.1) is 0 Å². The lowest BCUT2D eigenvalue weighted by Gasteiger charge is -2.16. The van der Waals surface area contributed by atoms with Crippen molar-refractivity contribution in [3.63, 3.8) is 0 Å². The lowest BCUT2D eigenvalue weighted by molar-refractivity contribution is 0.102. The van der Waals surface area contributed by atoms with Gasteiger partial charge in [-0.25, -0.2) is 0 Å². The summed E-state index contributed by atoms with van der Waals surface area (Å²) in [6.45, 7) is 2.52. The van der Waals surface area contributed by atoms with Crippen LogP contribution >= 0.6 is 0 Å². The van der Waals surface area contributed by atoms with Crippen LogP contribution in [0.5, 0.6) is 5.75 Å². The topological polar surface area (TPSA) is 67.6 Å². The zero-order valence-corrected chi connectivity index (χ0v) is 13.1. The van der Waals surface area contributed by atoms with Crippen LogP contribution in [0.15, 0.2) is 42.5 Å². The number of nitrogens with zero attached hydrogens (tertiary/aromatic N) is 1. The first-order valence-electron chi connectivity index (χ1n) is 7.12. The summed E-state index contributed by atoms with van der Waals surface area (Å²) in [5.41, 5.74) is 8.75. The maximum atomic E-state index is 12.2. The molecule has 0 heterocycles. The Hall–Kier alpha value is -2.69. The molecule has 22 heavy (non-hydrogen) atoms.